The van der Waals surface area contributed by atoms with Crippen LogP contribution in [0.3, 0.4) is 0 Å². The van der Waals surface area contributed by atoms with Crippen LogP contribution in [0.1, 0.15) is 19.1 Å². The number of nitrogens with zero attached hydrogens (tertiary/aromatic N) is 5. The van der Waals surface area contributed by atoms with Gasteiger partial charge in [-0.25, -0.2) is 15.0 Å². The smallest absolute Gasteiger partial charge is 0.249 e. The van der Waals surface area contributed by atoms with Gasteiger partial charge in [-0.05, 0) is 12.5 Å². The fourth-order valence-electron chi connectivity index (χ4n) is 2.82. The van der Waals surface area contributed by atoms with E-state index in [1.807, 2.05) is 0 Å². The van der Waals surface area contributed by atoms with E-state index in [9.17, 15) is 15.0 Å². The molecule has 12 heteroatoms. The number of guanidine groups is 1. The van der Waals surface area contributed by atoms with Gasteiger partial charge in [-0.3, -0.25) is 14.4 Å². The Morgan fingerprint density at radius 2 is 2.25 bits per heavy atom. The zero-order valence-electron chi connectivity index (χ0n) is 15.0. The fraction of sp³-hybridized carbons (Fsp3) is 0.438. The Bertz CT molecular complexity index is 892. The molecule has 2 aromatic heterocycles. The molecule has 1 amide bonds. The van der Waals surface area contributed by atoms with E-state index >= 15 is 0 Å². The molecule has 1 fully saturated rings. The molecule has 0 aliphatic carbocycles. The van der Waals surface area contributed by atoms with Crippen LogP contribution in [0.25, 0.3) is 11.2 Å². The van der Waals surface area contributed by atoms with Gasteiger partial charge in [0.15, 0.2) is 22.9 Å². The van der Waals surface area contributed by atoms with Crippen molar-refractivity contribution < 1.29 is 19.7 Å². The summed E-state index contributed by atoms with van der Waals surface area (Å²) in [7, 11) is 0. The summed E-state index contributed by atoms with van der Waals surface area (Å²) in [6, 6.07) is 0. The highest BCUT2D eigenvalue weighted by Crippen LogP contribution is 2.31. The zero-order chi connectivity index (χ0) is 20.1. The van der Waals surface area contributed by atoms with Gasteiger partial charge in [-0.2, -0.15) is 0 Å². The Kier molecular flexibility index (Phi) is 6.13. The predicted octanol–water partition coefficient (Wildman–Crippen LogP) is -1.37. The number of ether oxygens (including phenoxy) is 1. The summed E-state index contributed by atoms with van der Waals surface area (Å²) in [4.78, 5) is 28.4. The maximum atomic E-state index is 12.1. The molecule has 1 aliphatic heterocycles. The van der Waals surface area contributed by atoms with Crippen LogP contribution < -0.4 is 16.8 Å². The van der Waals surface area contributed by atoms with Crippen molar-refractivity contribution in [1.82, 2.24) is 19.5 Å². The van der Waals surface area contributed by atoms with Gasteiger partial charge in [0.1, 0.15) is 18.7 Å². The first-order valence-corrected chi connectivity index (χ1v) is 8.64. The van der Waals surface area contributed by atoms with Crippen molar-refractivity contribution >= 4 is 28.8 Å². The Morgan fingerprint density at radius 3 is 2.96 bits per heavy atom. The van der Waals surface area contributed by atoms with E-state index in [1.54, 1.807) is 10.6 Å². The van der Waals surface area contributed by atoms with Gasteiger partial charge < -0.3 is 31.7 Å². The predicted molar refractivity (Wildman–Crippen MR) is 100 cm³/mol. The third kappa shape index (κ3) is 4.42. The molecule has 0 unspecified atom stereocenters. The van der Waals surface area contributed by atoms with Crippen LogP contribution >= 0.6 is 0 Å². The molecule has 0 bridgehead atoms. The highest BCUT2D eigenvalue weighted by molar-refractivity contribution is 6.02. The standard InChI is InChI=1S/C16H22N8O4/c17-16(18)19-4-2-1-3-11(27)23-14-13-15(21-7-20-14)24(8-22-13)12-5-9(26)10(6-25)28-12/h1,3,7-10,12,25-26H,2,4-6H2,(H4,17,18,19)(H,20,21,23,27)/b3-1+/t9-,10+,12+/m0/s1. The van der Waals surface area contributed by atoms with Gasteiger partial charge in [0.2, 0.25) is 5.91 Å². The van der Waals surface area contributed by atoms with E-state index in [1.165, 1.54) is 18.7 Å². The van der Waals surface area contributed by atoms with Crippen molar-refractivity contribution in [2.45, 2.75) is 31.3 Å². The number of hydrogen-bond acceptors (Lipinski definition) is 8. The molecule has 1 aliphatic rings. The molecule has 0 radical (unpaired) electrons. The lowest BCUT2D eigenvalue weighted by molar-refractivity contribution is -0.111. The Morgan fingerprint density at radius 1 is 1.43 bits per heavy atom. The van der Waals surface area contributed by atoms with Crippen LogP contribution in [0.2, 0.25) is 0 Å². The van der Waals surface area contributed by atoms with Crippen LogP contribution in [-0.2, 0) is 9.53 Å². The van der Waals surface area contributed by atoms with Crippen LogP contribution in [0, 0.1) is 0 Å². The van der Waals surface area contributed by atoms with Crippen molar-refractivity contribution in [3.63, 3.8) is 0 Å². The zero-order valence-corrected chi connectivity index (χ0v) is 15.0. The lowest BCUT2D eigenvalue weighted by Gasteiger charge is -2.13. The third-order valence-corrected chi connectivity index (χ3v) is 4.15. The Labute approximate surface area is 159 Å². The van der Waals surface area contributed by atoms with Crippen LogP contribution in [0.5, 0.6) is 0 Å². The lowest BCUT2D eigenvalue weighted by Crippen LogP contribution is -2.24. The van der Waals surface area contributed by atoms with Gasteiger partial charge in [-0.15, -0.1) is 0 Å². The second-order valence-electron chi connectivity index (χ2n) is 6.15. The molecular formula is C16H22N8O4. The number of aromatic nitrogens is 4. The van der Waals surface area contributed by atoms with E-state index in [4.69, 9.17) is 16.2 Å². The van der Waals surface area contributed by atoms with Gasteiger partial charge in [0, 0.05) is 13.0 Å². The minimum absolute atomic E-state index is 0.000820. The summed E-state index contributed by atoms with van der Waals surface area (Å²) >= 11 is 0. The van der Waals surface area contributed by atoms with Crippen molar-refractivity contribution in [1.29, 1.82) is 0 Å². The first kappa shape index (κ1) is 19.7. The summed E-state index contributed by atoms with van der Waals surface area (Å²) in [6.07, 6.45) is 4.63. The normalized spacial score (nSPS) is 22.0. The number of aliphatic hydroxyl groups is 2. The number of imidazole rings is 1. The first-order valence-electron chi connectivity index (χ1n) is 8.64. The molecule has 0 aromatic carbocycles. The SMILES string of the molecule is NC(N)=NCC/C=C/C(=O)Nc1ncnc2c1ncn2[C@H]1C[C@H](O)[C@@H](CO)O1. The quantitative estimate of drug-likeness (QED) is 0.164. The highest BCUT2D eigenvalue weighted by Gasteiger charge is 2.35. The fourth-order valence-corrected chi connectivity index (χ4v) is 2.82. The summed E-state index contributed by atoms with van der Waals surface area (Å²) in [5.74, 6) is -0.132. The van der Waals surface area contributed by atoms with Crippen molar-refractivity contribution in [3.05, 3.63) is 24.8 Å². The van der Waals surface area contributed by atoms with E-state index in [0.717, 1.165) is 0 Å². The Hall–Kier alpha value is -3.09. The maximum Gasteiger partial charge on any atom is 0.249 e. The molecule has 3 heterocycles. The van der Waals surface area contributed by atoms with E-state index in [2.05, 4.69) is 25.3 Å². The number of aliphatic hydroxyl groups excluding tert-OH is 2. The van der Waals surface area contributed by atoms with Crippen LogP contribution in [-0.4, -0.2) is 67.0 Å². The number of hydrogen-bond donors (Lipinski definition) is 5. The summed E-state index contributed by atoms with van der Waals surface area (Å²) in [5.41, 5.74) is 11.3. The van der Waals surface area contributed by atoms with Gasteiger partial charge in [0.25, 0.3) is 0 Å². The number of fused-ring (bicyclic) bond motifs is 1. The molecule has 2 aromatic rings. The van der Waals surface area contributed by atoms with Crippen LogP contribution in [0.15, 0.2) is 29.8 Å². The van der Waals surface area contributed by atoms with E-state index in [-0.39, 0.29) is 24.3 Å². The number of aliphatic imine (C=N–C) groups is 1. The summed E-state index contributed by atoms with van der Waals surface area (Å²) < 4.78 is 7.26. The average molecular weight is 390 g/mol. The molecule has 150 valence electrons. The first-order chi connectivity index (χ1) is 13.5. The van der Waals surface area contributed by atoms with Crippen molar-refractivity contribution in [2.75, 3.05) is 18.5 Å². The number of nitrogens with one attached hydrogen (secondary N) is 1. The second-order valence-corrected chi connectivity index (χ2v) is 6.15. The largest absolute Gasteiger partial charge is 0.394 e. The van der Waals surface area contributed by atoms with E-state index < -0.39 is 18.4 Å². The average Bonchev–Trinajstić information content (AvgIpc) is 3.24. The highest BCUT2D eigenvalue weighted by atomic mass is 16.5. The number of rotatable bonds is 7. The number of amides is 1. The minimum Gasteiger partial charge on any atom is -0.394 e. The minimum atomic E-state index is -0.780. The number of anilines is 1. The lowest BCUT2D eigenvalue weighted by atomic mass is 10.2. The molecule has 0 spiro atoms. The Balaban J connectivity index is 1.70. The maximum absolute atomic E-state index is 12.1. The van der Waals surface area contributed by atoms with Crippen LogP contribution in [0.4, 0.5) is 5.82 Å². The number of nitrogens with two attached hydrogens (primary N) is 2. The molecular weight excluding hydrogens is 368 g/mol. The second kappa shape index (κ2) is 8.73. The van der Waals surface area contributed by atoms with Gasteiger partial charge in [-0.1, -0.05) is 6.08 Å². The molecule has 0 saturated carbocycles. The third-order valence-electron chi connectivity index (χ3n) is 4.15. The van der Waals surface area contributed by atoms with E-state index in [0.29, 0.717) is 30.6 Å². The topological polar surface area (TPSA) is 187 Å². The molecule has 3 rings (SSSR count). The molecule has 1 saturated heterocycles. The number of carbonyl (C=O) groups excluding carboxylic acids is 1. The summed E-state index contributed by atoms with van der Waals surface area (Å²) in [5, 5.41) is 21.8. The monoisotopic (exact) mass is 390 g/mol. The summed E-state index contributed by atoms with van der Waals surface area (Å²) in [6.45, 7) is 0.104. The van der Waals surface area contributed by atoms with Gasteiger partial charge >= 0.3 is 0 Å². The molecule has 7 N–H and O–H groups in total. The molecule has 12 nitrogen and oxygen atoms in total. The molecule has 28 heavy (non-hydrogen) atoms. The van der Waals surface area contributed by atoms with Gasteiger partial charge in [0.05, 0.1) is 19.0 Å². The number of carbonyl (C=O) groups is 1. The van der Waals surface area contributed by atoms with Crippen molar-refractivity contribution in [3.8, 4) is 0 Å². The van der Waals surface area contributed by atoms with Crippen molar-refractivity contribution in [2.24, 2.45) is 16.5 Å². The molecule has 3 atom stereocenters.